The van der Waals surface area contributed by atoms with E-state index < -0.39 is 0 Å². The fourth-order valence-corrected chi connectivity index (χ4v) is 17.9. The molecule has 0 amide bonds. The molecule has 2 heterocycles. The average molecular weight is 1390 g/mol. The molecule has 19 rings (SSSR count). The first-order chi connectivity index (χ1) is 51.5. The SMILES string of the molecule is CN(c1ccc(-c2ccccc2)cc1)c1ccc2c(c1)C(C)(C)c1ccccc1-2.CN(c1ccc2c(c1)C(C)(C)c1ccccc1-2)c1ccc2c(c1)C(C)(C)c1ccccc1-2.CN1c2ccccc2C(C)(C)c2cc(-c3ccccc3)ccc21.Cc1ccc2c(c1)C(C)(C)c1ccccc1N2c1ccccc1. The second kappa shape index (κ2) is 27.0. The van der Waals surface area contributed by atoms with Crippen molar-refractivity contribution in [2.45, 2.75) is 103 Å². The maximum Gasteiger partial charge on any atom is 0.0502 e. The molecule has 107 heavy (non-hydrogen) atoms. The third-order valence-electron chi connectivity index (χ3n) is 24.2. The highest BCUT2D eigenvalue weighted by Gasteiger charge is 2.41. The van der Waals surface area contributed by atoms with Crippen LogP contribution in [-0.2, 0) is 27.1 Å². The lowest BCUT2D eigenvalue weighted by atomic mass is 9.73. The number of benzene rings is 14. The third kappa shape index (κ3) is 12.0. The van der Waals surface area contributed by atoms with Gasteiger partial charge in [0.1, 0.15) is 0 Å². The molecule has 3 aliphatic carbocycles. The first-order valence-corrected chi connectivity index (χ1v) is 38.0. The van der Waals surface area contributed by atoms with Crippen molar-refractivity contribution in [3.63, 3.8) is 0 Å². The Labute approximate surface area is 635 Å². The summed E-state index contributed by atoms with van der Waals surface area (Å²) in [7, 11) is 6.50. The number of hydrogen-bond acceptors (Lipinski definition) is 4. The molecule has 0 atom stereocenters. The van der Waals surface area contributed by atoms with Crippen molar-refractivity contribution in [3.05, 3.63) is 389 Å². The lowest BCUT2D eigenvalue weighted by molar-refractivity contribution is 0.630. The third-order valence-corrected chi connectivity index (χ3v) is 24.2. The molecule has 0 saturated carbocycles. The van der Waals surface area contributed by atoms with E-state index in [1.165, 1.54) is 168 Å². The van der Waals surface area contributed by atoms with Gasteiger partial charge in [-0.3, -0.25) is 0 Å². The summed E-state index contributed by atoms with van der Waals surface area (Å²) in [5.41, 5.74) is 39.9. The minimum atomic E-state index is 0.00320. The summed E-state index contributed by atoms with van der Waals surface area (Å²) >= 11 is 0. The van der Waals surface area contributed by atoms with Gasteiger partial charge in [-0.15, -0.1) is 0 Å². The van der Waals surface area contributed by atoms with Crippen LogP contribution in [0.4, 0.5) is 51.2 Å². The summed E-state index contributed by atoms with van der Waals surface area (Å²) in [6.45, 7) is 25.5. The van der Waals surface area contributed by atoms with E-state index in [2.05, 4.69) is 444 Å². The Morgan fingerprint density at radius 2 is 0.523 bits per heavy atom. The Hall–Kier alpha value is -11.7. The van der Waals surface area contributed by atoms with Crippen LogP contribution < -0.4 is 19.6 Å². The van der Waals surface area contributed by atoms with Crippen molar-refractivity contribution in [1.82, 2.24) is 0 Å². The van der Waals surface area contributed by atoms with Gasteiger partial charge in [0.25, 0.3) is 0 Å². The molecule has 0 bridgehead atoms. The van der Waals surface area contributed by atoms with Crippen molar-refractivity contribution < 1.29 is 0 Å². The number of aryl methyl sites for hydroxylation is 1. The molecular formula is C103H96N4. The predicted molar refractivity (Wildman–Crippen MR) is 457 cm³/mol. The zero-order valence-electron chi connectivity index (χ0n) is 64.5. The molecule has 14 aromatic carbocycles. The molecule has 0 spiro atoms. The van der Waals surface area contributed by atoms with Crippen LogP contribution in [0.25, 0.3) is 55.6 Å². The fourth-order valence-electron chi connectivity index (χ4n) is 17.9. The number of fused-ring (bicyclic) bond motifs is 13. The van der Waals surface area contributed by atoms with E-state index in [1.807, 2.05) is 0 Å². The maximum atomic E-state index is 2.39. The Balaban J connectivity index is 0.000000110. The van der Waals surface area contributed by atoms with Gasteiger partial charge in [-0.05, 0) is 209 Å². The van der Waals surface area contributed by atoms with Gasteiger partial charge in [-0.1, -0.05) is 311 Å². The van der Waals surface area contributed by atoms with E-state index in [-0.39, 0.29) is 27.1 Å². The van der Waals surface area contributed by atoms with Crippen molar-refractivity contribution in [3.8, 4) is 55.6 Å². The first kappa shape index (κ1) is 69.6. The average Bonchev–Trinajstić information content (AvgIpc) is 1.72. The van der Waals surface area contributed by atoms with Crippen molar-refractivity contribution in [2.75, 3.05) is 40.7 Å². The number of nitrogens with zero attached hydrogens (tertiary/aromatic N) is 4. The highest BCUT2D eigenvalue weighted by atomic mass is 15.2. The predicted octanol–water partition coefficient (Wildman–Crippen LogP) is 27.4. The van der Waals surface area contributed by atoms with Crippen molar-refractivity contribution in [1.29, 1.82) is 0 Å². The molecule has 2 aliphatic heterocycles. The molecule has 0 fully saturated rings. The van der Waals surface area contributed by atoms with E-state index in [0.29, 0.717) is 0 Å². The molecule has 5 aliphatic rings. The summed E-state index contributed by atoms with van der Waals surface area (Å²) in [6, 6.07) is 119. The molecule has 528 valence electrons. The normalized spacial score (nSPS) is 15.0. The van der Waals surface area contributed by atoms with Crippen LogP contribution in [0.15, 0.2) is 328 Å². The zero-order chi connectivity index (χ0) is 74.3. The van der Waals surface area contributed by atoms with Gasteiger partial charge >= 0.3 is 0 Å². The van der Waals surface area contributed by atoms with Gasteiger partial charge in [0, 0.05) is 88.0 Å². The maximum absolute atomic E-state index is 2.39. The van der Waals surface area contributed by atoms with Crippen LogP contribution in [0.5, 0.6) is 0 Å². The minimum absolute atomic E-state index is 0.00320. The van der Waals surface area contributed by atoms with Gasteiger partial charge in [0.05, 0.1) is 11.4 Å². The van der Waals surface area contributed by atoms with Crippen molar-refractivity contribution >= 4 is 51.2 Å². The molecule has 0 radical (unpaired) electrons. The molecular weight excluding hydrogens is 1290 g/mol. The Bertz CT molecular complexity index is 5570. The van der Waals surface area contributed by atoms with Crippen LogP contribution in [-0.4, -0.2) is 21.1 Å². The van der Waals surface area contributed by atoms with Crippen molar-refractivity contribution in [2.24, 2.45) is 0 Å². The van der Waals surface area contributed by atoms with Gasteiger partial charge in [0.15, 0.2) is 0 Å². The number of para-hydroxylation sites is 3. The van der Waals surface area contributed by atoms with E-state index in [9.17, 15) is 0 Å². The molecule has 0 N–H and O–H groups in total. The minimum Gasteiger partial charge on any atom is -0.345 e. The highest BCUT2D eigenvalue weighted by molar-refractivity contribution is 5.89. The number of rotatable bonds is 7. The van der Waals surface area contributed by atoms with Crippen LogP contribution >= 0.6 is 0 Å². The topological polar surface area (TPSA) is 13.0 Å². The largest absolute Gasteiger partial charge is 0.345 e. The van der Waals surface area contributed by atoms with Gasteiger partial charge in [-0.25, -0.2) is 0 Å². The van der Waals surface area contributed by atoms with E-state index in [4.69, 9.17) is 0 Å². The zero-order valence-corrected chi connectivity index (χ0v) is 64.5. The Morgan fingerprint density at radius 1 is 0.224 bits per heavy atom. The quantitative estimate of drug-likeness (QED) is 0.158. The summed E-state index contributed by atoms with van der Waals surface area (Å²) in [5, 5.41) is 0. The van der Waals surface area contributed by atoms with Crippen LogP contribution in [0.2, 0.25) is 0 Å². The second-order valence-corrected chi connectivity index (χ2v) is 32.4. The molecule has 4 heteroatoms. The molecule has 14 aromatic rings. The number of hydrogen-bond donors (Lipinski definition) is 0. The van der Waals surface area contributed by atoms with Crippen LogP contribution in [0.3, 0.4) is 0 Å². The van der Waals surface area contributed by atoms with E-state index in [0.717, 1.165) is 0 Å². The summed E-state index contributed by atoms with van der Waals surface area (Å²) in [6.07, 6.45) is 0. The standard InChI is InChI=1S/C31H29N.C28H25N.2C22H21N/c1-30(2)26-12-8-6-10-22(26)24-16-14-20(18-28(24)30)32(5)21-15-17-25-23-11-7-9-13-27(23)31(3,4)29(25)19-21;1-28(2)26-12-8-7-11-24(26)25-18-17-23(19-27(25)28)29(3)22-15-13-21(14-16-22)20-9-5-4-6-10-20;1-22(2)18-11-7-8-12-20(18)23(3)21-14-13-17(15-19(21)22)16-9-5-4-6-10-16;1-16-13-14-21-19(15-16)22(2,3)18-11-7-8-12-20(18)23(21)17-9-5-4-6-10-17/h6-19H,1-5H3;4-19H,1-3H3;2*4-15H,1-3H3. The van der Waals surface area contributed by atoms with Crippen LogP contribution in [0, 0.1) is 6.92 Å². The Kier molecular flexibility index (Phi) is 17.6. The van der Waals surface area contributed by atoms with Gasteiger partial charge in [-0.2, -0.15) is 0 Å². The van der Waals surface area contributed by atoms with E-state index >= 15 is 0 Å². The van der Waals surface area contributed by atoms with Crippen LogP contribution in [0.1, 0.15) is 130 Å². The molecule has 0 saturated heterocycles. The first-order valence-electron chi connectivity index (χ1n) is 38.0. The van der Waals surface area contributed by atoms with Gasteiger partial charge < -0.3 is 19.6 Å². The molecule has 4 nitrogen and oxygen atoms in total. The van der Waals surface area contributed by atoms with E-state index in [1.54, 1.807) is 0 Å². The lowest BCUT2D eigenvalue weighted by Gasteiger charge is -2.42. The lowest BCUT2D eigenvalue weighted by Crippen LogP contribution is -2.30. The molecule has 0 unspecified atom stereocenters. The summed E-state index contributed by atoms with van der Waals surface area (Å²) in [4.78, 5) is 9.30. The second-order valence-electron chi connectivity index (χ2n) is 32.4. The summed E-state index contributed by atoms with van der Waals surface area (Å²) in [5.74, 6) is 0. The molecule has 0 aromatic heterocycles. The van der Waals surface area contributed by atoms with Gasteiger partial charge in [0.2, 0.25) is 0 Å². The Morgan fingerprint density at radius 3 is 0.991 bits per heavy atom. The fraction of sp³-hybridized carbons (Fsp3) is 0.184. The monoisotopic (exact) mass is 1390 g/mol. The smallest absolute Gasteiger partial charge is 0.0502 e. The highest BCUT2D eigenvalue weighted by Crippen LogP contribution is 2.56. The number of anilines is 9. The summed E-state index contributed by atoms with van der Waals surface area (Å²) < 4.78 is 0.